The summed E-state index contributed by atoms with van der Waals surface area (Å²) in [6.45, 7) is 8.23. The zero-order valence-corrected chi connectivity index (χ0v) is 13.8. The first kappa shape index (κ1) is 14.8. The Morgan fingerprint density at radius 3 is 2.10 bits per heavy atom. The molecule has 1 aromatic carbocycles. The van der Waals surface area contributed by atoms with E-state index in [0.29, 0.717) is 4.47 Å². The lowest BCUT2D eigenvalue weighted by molar-refractivity contribution is 0.0688. The number of halogens is 1. The van der Waals surface area contributed by atoms with Gasteiger partial charge in [0.1, 0.15) is 0 Å². The summed E-state index contributed by atoms with van der Waals surface area (Å²) in [5.74, 6) is -1.03. The minimum atomic E-state index is -1.03. The molecule has 0 unspecified atom stereocenters. The van der Waals surface area contributed by atoms with E-state index in [4.69, 9.17) is 0 Å². The molecule has 20 heavy (non-hydrogen) atoms. The number of carbonyl (C=O) groups is 1. The second kappa shape index (κ2) is 5.05. The average molecular weight is 337 g/mol. The first-order chi connectivity index (χ1) is 9.25. The Kier molecular flexibility index (Phi) is 3.73. The molecule has 1 aromatic heterocycles. The minimum Gasteiger partial charge on any atom is -0.476 e. The second-order valence-electron chi connectivity index (χ2n) is 5.08. The molecule has 5 heteroatoms. The summed E-state index contributed by atoms with van der Waals surface area (Å²) in [7, 11) is 1.77. The maximum absolute atomic E-state index is 11.2. The van der Waals surface area contributed by atoms with E-state index in [1.54, 1.807) is 11.7 Å². The lowest BCUT2D eigenvalue weighted by atomic mass is 9.92. The highest BCUT2D eigenvalue weighted by molar-refractivity contribution is 9.10. The quantitative estimate of drug-likeness (QED) is 0.907. The van der Waals surface area contributed by atoms with Gasteiger partial charge in [-0.25, -0.2) is 4.79 Å². The van der Waals surface area contributed by atoms with Crippen molar-refractivity contribution in [3.63, 3.8) is 0 Å². The van der Waals surface area contributed by atoms with Gasteiger partial charge in [0.15, 0.2) is 5.69 Å². The van der Waals surface area contributed by atoms with Crippen LogP contribution in [0.15, 0.2) is 10.5 Å². The van der Waals surface area contributed by atoms with E-state index in [1.807, 2.05) is 0 Å². The van der Waals surface area contributed by atoms with Crippen LogP contribution in [0.2, 0.25) is 0 Å². The highest BCUT2D eigenvalue weighted by Gasteiger charge is 2.23. The number of carboxylic acids is 1. The molecule has 0 amide bonds. The molecule has 0 fully saturated rings. The maximum atomic E-state index is 11.2. The van der Waals surface area contributed by atoms with Gasteiger partial charge in [-0.3, -0.25) is 4.68 Å². The van der Waals surface area contributed by atoms with E-state index in [1.165, 1.54) is 11.1 Å². The molecule has 0 atom stereocenters. The number of hydrogen-bond donors (Lipinski definition) is 1. The molecule has 0 aliphatic rings. The third-order valence-corrected chi connectivity index (χ3v) is 4.55. The molecule has 0 aliphatic carbocycles. The SMILES string of the molecule is Cc1cc(C)c(C)c(-c2c(Br)c(C(=O)O)nn2C)c1C. The molecule has 0 bridgehead atoms. The summed E-state index contributed by atoms with van der Waals surface area (Å²) in [5, 5.41) is 13.3. The van der Waals surface area contributed by atoms with Crippen LogP contribution in [0.3, 0.4) is 0 Å². The van der Waals surface area contributed by atoms with E-state index in [9.17, 15) is 9.90 Å². The van der Waals surface area contributed by atoms with Gasteiger partial charge in [0.05, 0.1) is 10.2 Å². The number of hydrogen-bond acceptors (Lipinski definition) is 2. The predicted molar refractivity (Wildman–Crippen MR) is 82.3 cm³/mol. The van der Waals surface area contributed by atoms with Crippen LogP contribution in [0, 0.1) is 27.7 Å². The Bertz CT molecular complexity index is 691. The Labute approximate surface area is 126 Å². The number of carboxylic acid groups (broad SMARTS) is 1. The van der Waals surface area contributed by atoms with E-state index in [2.05, 4.69) is 54.8 Å². The summed E-state index contributed by atoms with van der Waals surface area (Å²) in [4.78, 5) is 11.2. The van der Waals surface area contributed by atoms with Gasteiger partial charge in [0.25, 0.3) is 0 Å². The average Bonchev–Trinajstić information content (AvgIpc) is 2.65. The fourth-order valence-electron chi connectivity index (χ4n) is 2.48. The minimum absolute atomic E-state index is 0.0421. The van der Waals surface area contributed by atoms with Crippen LogP contribution < -0.4 is 0 Å². The van der Waals surface area contributed by atoms with Gasteiger partial charge in [0, 0.05) is 12.6 Å². The number of rotatable bonds is 2. The van der Waals surface area contributed by atoms with Crippen molar-refractivity contribution in [1.29, 1.82) is 0 Å². The fraction of sp³-hybridized carbons (Fsp3) is 0.333. The summed E-state index contributed by atoms with van der Waals surface area (Å²) >= 11 is 3.39. The molecule has 0 saturated heterocycles. The highest BCUT2D eigenvalue weighted by Crippen LogP contribution is 2.37. The number of aromatic nitrogens is 2. The molecule has 106 valence electrons. The van der Waals surface area contributed by atoms with E-state index in [0.717, 1.165) is 22.4 Å². The highest BCUT2D eigenvalue weighted by atomic mass is 79.9. The van der Waals surface area contributed by atoms with Crippen LogP contribution in [-0.4, -0.2) is 20.9 Å². The van der Waals surface area contributed by atoms with Gasteiger partial charge < -0.3 is 5.11 Å². The monoisotopic (exact) mass is 336 g/mol. The van der Waals surface area contributed by atoms with Crippen molar-refractivity contribution in [1.82, 2.24) is 9.78 Å². The molecule has 0 aliphatic heterocycles. The molecule has 1 N–H and O–H groups in total. The molecule has 4 nitrogen and oxygen atoms in total. The Morgan fingerprint density at radius 2 is 1.70 bits per heavy atom. The first-order valence-electron chi connectivity index (χ1n) is 6.29. The molecule has 2 rings (SSSR count). The lowest BCUT2D eigenvalue weighted by Gasteiger charge is -2.16. The van der Waals surface area contributed by atoms with Gasteiger partial charge in [-0.05, 0) is 65.9 Å². The Hall–Kier alpha value is -1.62. The zero-order valence-electron chi connectivity index (χ0n) is 12.2. The molecule has 1 heterocycles. The normalized spacial score (nSPS) is 10.9. The standard InChI is InChI=1S/C15H17BrN2O2/c1-7-6-8(2)10(4)11(9(7)3)14-12(16)13(15(19)20)17-18(14)5/h6H,1-5H3,(H,19,20). The van der Waals surface area contributed by atoms with E-state index in [-0.39, 0.29) is 5.69 Å². The molecular formula is C15H17BrN2O2. The molecule has 0 radical (unpaired) electrons. The largest absolute Gasteiger partial charge is 0.476 e. The number of aromatic carboxylic acids is 1. The molecule has 0 spiro atoms. The van der Waals surface area contributed by atoms with Crippen molar-refractivity contribution in [2.45, 2.75) is 27.7 Å². The summed E-state index contributed by atoms with van der Waals surface area (Å²) in [6, 6.07) is 2.15. The van der Waals surface area contributed by atoms with Crippen LogP contribution >= 0.6 is 15.9 Å². The Morgan fingerprint density at radius 1 is 1.20 bits per heavy atom. The zero-order chi connectivity index (χ0) is 15.2. The van der Waals surface area contributed by atoms with Crippen molar-refractivity contribution in [2.24, 2.45) is 7.05 Å². The van der Waals surface area contributed by atoms with Crippen LogP contribution in [-0.2, 0) is 7.05 Å². The summed E-state index contributed by atoms with van der Waals surface area (Å²) < 4.78 is 2.16. The number of nitrogens with zero attached hydrogens (tertiary/aromatic N) is 2. The summed E-state index contributed by atoms with van der Waals surface area (Å²) in [6.07, 6.45) is 0. The van der Waals surface area contributed by atoms with Crippen molar-refractivity contribution in [2.75, 3.05) is 0 Å². The third-order valence-electron chi connectivity index (χ3n) is 3.79. The van der Waals surface area contributed by atoms with Gasteiger partial charge in [-0.15, -0.1) is 0 Å². The second-order valence-corrected chi connectivity index (χ2v) is 5.87. The topological polar surface area (TPSA) is 55.1 Å². The Balaban J connectivity index is 2.86. The van der Waals surface area contributed by atoms with Crippen LogP contribution in [0.5, 0.6) is 0 Å². The van der Waals surface area contributed by atoms with Crippen LogP contribution in [0.25, 0.3) is 11.3 Å². The number of benzene rings is 1. The van der Waals surface area contributed by atoms with Crippen molar-refractivity contribution < 1.29 is 9.90 Å². The smallest absolute Gasteiger partial charge is 0.357 e. The van der Waals surface area contributed by atoms with Gasteiger partial charge in [-0.1, -0.05) is 6.07 Å². The van der Waals surface area contributed by atoms with Crippen molar-refractivity contribution in [3.05, 3.63) is 38.5 Å². The van der Waals surface area contributed by atoms with Crippen LogP contribution in [0.4, 0.5) is 0 Å². The van der Waals surface area contributed by atoms with E-state index < -0.39 is 5.97 Å². The number of aryl methyl sites for hydroxylation is 3. The lowest BCUT2D eigenvalue weighted by Crippen LogP contribution is -2.01. The third kappa shape index (κ3) is 2.16. The van der Waals surface area contributed by atoms with Crippen molar-refractivity contribution in [3.8, 4) is 11.3 Å². The van der Waals surface area contributed by atoms with Gasteiger partial charge >= 0.3 is 5.97 Å². The molecule has 0 saturated carbocycles. The molecule has 2 aromatic rings. The summed E-state index contributed by atoms with van der Waals surface area (Å²) in [5.41, 5.74) is 6.57. The van der Waals surface area contributed by atoms with Gasteiger partial charge in [0.2, 0.25) is 0 Å². The van der Waals surface area contributed by atoms with Crippen molar-refractivity contribution >= 4 is 21.9 Å². The van der Waals surface area contributed by atoms with Crippen LogP contribution in [0.1, 0.15) is 32.7 Å². The van der Waals surface area contributed by atoms with Gasteiger partial charge in [-0.2, -0.15) is 5.10 Å². The van der Waals surface area contributed by atoms with E-state index >= 15 is 0 Å². The maximum Gasteiger partial charge on any atom is 0.357 e. The first-order valence-corrected chi connectivity index (χ1v) is 7.08. The molecular weight excluding hydrogens is 320 g/mol. The predicted octanol–water partition coefficient (Wildman–Crippen LogP) is 3.78. The fourth-order valence-corrected chi connectivity index (χ4v) is 3.18.